The van der Waals surface area contributed by atoms with Crippen molar-refractivity contribution >= 4 is 6.09 Å². The first kappa shape index (κ1) is 19.2. The number of aryl methyl sites for hydroxylation is 2. The summed E-state index contributed by atoms with van der Waals surface area (Å²) in [6, 6.07) is 6.83. The topological polar surface area (TPSA) is 50.4 Å². The van der Waals surface area contributed by atoms with Crippen molar-refractivity contribution in [2.24, 2.45) is 0 Å². The second-order valence-electron chi connectivity index (χ2n) is 6.83. The molecule has 0 aromatic heterocycles. The number of alkyl carbamates (subject to hydrolysis) is 1. The molecule has 0 saturated heterocycles. The number of benzene rings is 1. The molecule has 1 unspecified atom stereocenters. The fourth-order valence-corrected chi connectivity index (χ4v) is 2.02. The zero-order valence-corrected chi connectivity index (χ0v) is 15.2. The Morgan fingerprint density at radius 2 is 1.83 bits per heavy atom. The fourth-order valence-electron chi connectivity index (χ4n) is 2.02. The molecule has 2 N–H and O–H groups in total. The molecule has 1 rings (SSSR count). The molecule has 0 saturated carbocycles. The van der Waals surface area contributed by atoms with Crippen LogP contribution < -0.4 is 10.6 Å². The van der Waals surface area contributed by atoms with Gasteiger partial charge >= 0.3 is 6.09 Å². The van der Waals surface area contributed by atoms with Crippen LogP contribution in [0.15, 0.2) is 30.4 Å². The van der Waals surface area contributed by atoms with E-state index in [4.69, 9.17) is 4.74 Å². The third-order valence-electron chi connectivity index (χ3n) is 3.50. The summed E-state index contributed by atoms with van der Waals surface area (Å²) < 4.78 is 5.16. The number of nitrogens with one attached hydrogen (secondary N) is 2. The molecule has 23 heavy (non-hydrogen) atoms. The van der Waals surface area contributed by atoms with Crippen LogP contribution in [0.25, 0.3) is 0 Å². The molecule has 4 nitrogen and oxygen atoms in total. The van der Waals surface area contributed by atoms with E-state index in [1.165, 1.54) is 16.7 Å². The number of rotatable bonds is 6. The molecule has 0 aliphatic heterocycles. The summed E-state index contributed by atoms with van der Waals surface area (Å²) in [5.74, 6) is 0. The van der Waals surface area contributed by atoms with Crippen LogP contribution in [0.2, 0.25) is 0 Å². The highest BCUT2D eigenvalue weighted by Crippen LogP contribution is 2.16. The standard InChI is InChI=1S/C19H30N2O2/c1-14-9-10-17(13-15(14)2)16(3)20-11-7-8-12-21-18(22)23-19(4,5)6/h7-10,13,16,20H,11-12H2,1-6H3,(H,21,22)/b8-7+. The SMILES string of the molecule is Cc1ccc(C(C)NC/C=C/CNC(=O)OC(C)(C)C)cc1C. The normalized spacial score (nSPS) is 13.1. The number of hydrogen-bond donors (Lipinski definition) is 2. The van der Waals surface area contributed by atoms with E-state index < -0.39 is 11.7 Å². The van der Waals surface area contributed by atoms with E-state index in [0.29, 0.717) is 6.54 Å². The van der Waals surface area contributed by atoms with Crippen LogP contribution in [0.1, 0.15) is 50.4 Å². The highest BCUT2D eigenvalue weighted by Gasteiger charge is 2.14. The van der Waals surface area contributed by atoms with Crippen molar-refractivity contribution in [1.82, 2.24) is 10.6 Å². The van der Waals surface area contributed by atoms with Crippen LogP contribution in [-0.4, -0.2) is 24.8 Å². The van der Waals surface area contributed by atoms with E-state index in [1.807, 2.05) is 32.9 Å². The lowest BCUT2D eigenvalue weighted by molar-refractivity contribution is 0.0534. The molecule has 1 aromatic rings. The van der Waals surface area contributed by atoms with Crippen molar-refractivity contribution in [3.63, 3.8) is 0 Å². The van der Waals surface area contributed by atoms with Crippen molar-refractivity contribution in [3.05, 3.63) is 47.0 Å². The summed E-state index contributed by atoms with van der Waals surface area (Å²) in [5, 5.41) is 6.14. The molecule has 0 aliphatic rings. The van der Waals surface area contributed by atoms with Gasteiger partial charge in [0.05, 0.1) is 0 Å². The zero-order valence-electron chi connectivity index (χ0n) is 15.2. The van der Waals surface area contributed by atoms with Gasteiger partial charge in [-0.25, -0.2) is 4.79 Å². The van der Waals surface area contributed by atoms with Gasteiger partial charge in [0.15, 0.2) is 0 Å². The molecular formula is C19H30N2O2. The third kappa shape index (κ3) is 7.84. The number of carbonyl (C=O) groups is 1. The minimum Gasteiger partial charge on any atom is -0.444 e. The van der Waals surface area contributed by atoms with Gasteiger partial charge in [-0.2, -0.15) is 0 Å². The minimum atomic E-state index is -0.461. The van der Waals surface area contributed by atoms with Gasteiger partial charge in [0, 0.05) is 19.1 Å². The van der Waals surface area contributed by atoms with E-state index in [9.17, 15) is 4.79 Å². The van der Waals surface area contributed by atoms with Crippen molar-refractivity contribution in [3.8, 4) is 0 Å². The summed E-state index contributed by atoms with van der Waals surface area (Å²) in [7, 11) is 0. The highest BCUT2D eigenvalue weighted by atomic mass is 16.6. The average Bonchev–Trinajstić information content (AvgIpc) is 2.43. The van der Waals surface area contributed by atoms with Crippen LogP contribution in [-0.2, 0) is 4.74 Å². The maximum absolute atomic E-state index is 11.5. The Bertz CT molecular complexity index is 545. The van der Waals surface area contributed by atoms with Crippen molar-refractivity contribution < 1.29 is 9.53 Å². The van der Waals surface area contributed by atoms with Crippen LogP contribution in [0.3, 0.4) is 0 Å². The molecule has 0 bridgehead atoms. The van der Waals surface area contributed by atoms with Gasteiger partial charge in [0.2, 0.25) is 0 Å². The number of carbonyl (C=O) groups excluding carboxylic acids is 1. The van der Waals surface area contributed by atoms with E-state index in [2.05, 4.69) is 49.6 Å². The second kappa shape index (κ2) is 8.73. The van der Waals surface area contributed by atoms with Crippen LogP contribution >= 0.6 is 0 Å². The quantitative estimate of drug-likeness (QED) is 0.778. The number of amides is 1. The first-order chi connectivity index (χ1) is 10.7. The molecule has 1 amide bonds. The fraction of sp³-hybridized carbons (Fsp3) is 0.526. The molecule has 0 fully saturated rings. The lowest BCUT2D eigenvalue weighted by Crippen LogP contribution is -2.32. The third-order valence-corrected chi connectivity index (χ3v) is 3.50. The van der Waals surface area contributed by atoms with E-state index in [-0.39, 0.29) is 6.04 Å². The summed E-state index contributed by atoms with van der Waals surface area (Å²) in [5.41, 5.74) is 3.45. The molecule has 128 valence electrons. The van der Waals surface area contributed by atoms with Crippen LogP contribution in [0.5, 0.6) is 0 Å². The van der Waals surface area contributed by atoms with Crippen molar-refractivity contribution in [2.75, 3.05) is 13.1 Å². The van der Waals surface area contributed by atoms with Crippen LogP contribution in [0, 0.1) is 13.8 Å². The Morgan fingerprint density at radius 3 is 2.43 bits per heavy atom. The Labute approximate surface area is 140 Å². The largest absolute Gasteiger partial charge is 0.444 e. The maximum Gasteiger partial charge on any atom is 0.407 e. The summed E-state index contributed by atoms with van der Waals surface area (Å²) in [4.78, 5) is 11.5. The lowest BCUT2D eigenvalue weighted by atomic mass is 10.0. The van der Waals surface area contributed by atoms with Gasteiger partial charge in [0.1, 0.15) is 5.60 Å². The molecule has 0 radical (unpaired) electrons. The Kier molecular flexibility index (Phi) is 7.30. The van der Waals surface area contributed by atoms with E-state index in [1.54, 1.807) is 0 Å². The Morgan fingerprint density at radius 1 is 1.17 bits per heavy atom. The number of ether oxygens (including phenoxy) is 1. The molecule has 4 heteroatoms. The predicted octanol–water partition coefficient (Wildman–Crippen LogP) is 4.03. The second-order valence-corrected chi connectivity index (χ2v) is 6.83. The molecule has 0 aliphatic carbocycles. The van der Waals surface area contributed by atoms with Crippen molar-refractivity contribution in [1.29, 1.82) is 0 Å². The Balaban J connectivity index is 2.28. The molecule has 0 spiro atoms. The summed E-state index contributed by atoms with van der Waals surface area (Å²) in [6.45, 7) is 13.2. The first-order valence-corrected chi connectivity index (χ1v) is 8.11. The van der Waals surface area contributed by atoms with Gasteiger partial charge in [0.25, 0.3) is 0 Å². The Hall–Kier alpha value is -1.81. The smallest absolute Gasteiger partial charge is 0.407 e. The van der Waals surface area contributed by atoms with E-state index in [0.717, 1.165) is 6.54 Å². The predicted molar refractivity (Wildman–Crippen MR) is 95.7 cm³/mol. The van der Waals surface area contributed by atoms with E-state index >= 15 is 0 Å². The number of hydrogen-bond acceptors (Lipinski definition) is 3. The maximum atomic E-state index is 11.5. The average molecular weight is 318 g/mol. The van der Waals surface area contributed by atoms with Crippen LogP contribution in [0.4, 0.5) is 4.79 Å². The van der Waals surface area contributed by atoms with Gasteiger partial charge < -0.3 is 15.4 Å². The lowest BCUT2D eigenvalue weighted by Gasteiger charge is -2.19. The van der Waals surface area contributed by atoms with Gasteiger partial charge in [-0.05, 0) is 58.2 Å². The van der Waals surface area contributed by atoms with Gasteiger partial charge in [-0.15, -0.1) is 0 Å². The first-order valence-electron chi connectivity index (χ1n) is 8.11. The molecule has 1 atom stereocenters. The monoisotopic (exact) mass is 318 g/mol. The van der Waals surface area contributed by atoms with Crippen molar-refractivity contribution in [2.45, 2.75) is 53.2 Å². The minimum absolute atomic E-state index is 0.290. The van der Waals surface area contributed by atoms with Gasteiger partial charge in [-0.3, -0.25) is 0 Å². The molecular weight excluding hydrogens is 288 g/mol. The van der Waals surface area contributed by atoms with Gasteiger partial charge in [-0.1, -0.05) is 30.4 Å². The summed E-state index contributed by atoms with van der Waals surface area (Å²) >= 11 is 0. The summed E-state index contributed by atoms with van der Waals surface area (Å²) in [6.07, 6.45) is 3.54. The molecule has 1 aromatic carbocycles. The molecule has 0 heterocycles. The highest BCUT2D eigenvalue weighted by molar-refractivity contribution is 5.67. The zero-order chi connectivity index (χ0) is 17.5.